The van der Waals surface area contributed by atoms with E-state index in [0.717, 1.165) is 18.1 Å². The molecule has 1 aliphatic carbocycles. The molecule has 2 fully saturated rings. The first kappa shape index (κ1) is 8.17. The standard InChI is InChI=1S/C10H14N4/c1-6-3-8(13-5-12-6)14-4-7-9(11)10(7,14)2/h3,5,7,9H,4,11H2,1-2H3. The first-order chi connectivity index (χ1) is 6.64. The molecule has 0 spiro atoms. The topological polar surface area (TPSA) is 55.0 Å². The molecule has 1 aromatic heterocycles. The number of nitrogens with zero attached hydrogens (tertiary/aromatic N) is 3. The van der Waals surface area contributed by atoms with Crippen LogP contribution in [0.25, 0.3) is 0 Å². The van der Waals surface area contributed by atoms with E-state index in [1.807, 2.05) is 13.0 Å². The molecular formula is C10H14N4. The van der Waals surface area contributed by atoms with Gasteiger partial charge in [0.2, 0.25) is 0 Å². The van der Waals surface area contributed by atoms with E-state index in [4.69, 9.17) is 5.73 Å². The van der Waals surface area contributed by atoms with Crippen LogP contribution in [0.5, 0.6) is 0 Å². The minimum absolute atomic E-state index is 0.181. The zero-order chi connectivity index (χ0) is 9.92. The smallest absolute Gasteiger partial charge is 0.132 e. The van der Waals surface area contributed by atoms with Gasteiger partial charge in [-0.15, -0.1) is 0 Å². The van der Waals surface area contributed by atoms with Gasteiger partial charge in [-0.25, -0.2) is 9.97 Å². The normalized spacial score (nSPS) is 38.9. The lowest BCUT2D eigenvalue weighted by atomic mass is 10.1. The summed E-state index contributed by atoms with van der Waals surface area (Å²) < 4.78 is 0. The maximum Gasteiger partial charge on any atom is 0.132 e. The summed E-state index contributed by atoms with van der Waals surface area (Å²) in [4.78, 5) is 10.7. The Kier molecular flexibility index (Phi) is 1.32. The van der Waals surface area contributed by atoms with Crippen LogP contribution in [0.1, 0.15) is 12.6 Å². The summed E-state index contributed by atoms with van der Waals surface area (Å²) in [5, 5.41) is 0. The summed E-state index contributed by atoms with van der Waals surface area (Å²) in [5.41, 5.74) is 7.18. The van der Waals surface area contributed by atoms with Crippen molar-refractivity contribution in [3.8, 4) is 0 Å². The third-order valence-corrected chi connectivity index (χ3v) is 3.78. The molecule has 1 saturated carbocycles. The lowest BCUT2D eigenvalue weighted by Crippen LogP contribution is -2.49. The highest BCUT2D eigenvalue weighted by Gasteiger charge is 2.71. The second-order valence-corrected chi connectivity index (χ2v) is 4.49. The third kappa shape index (κ3) is 0.773. The zero-order valence-electron chi connectivity index (χ0n) is 8.44. The summed E-state index contributed by atoms with van der Waals surface area (Å²) in [6, 6.07) is 2.35. The van der Waals surface area contributed by atoms with Crippen LogP contribution < -0.4 is 10.6 Å². The molecule has 0 radical (unpaired) electrons. The molecule has 2 heterocycles. The van der Waals surface area contributed by atoms with E-state index in [-0.39, 0.29) is 5.54 Å². The van der Waals surface area contributed by atoms with Crippen LogP contribution in [0.3, 0.4) is 0 Å². The molecule has 1 aromatic rings. The zero-order valence-corrected chi connectivity index (χ0v) is 8.44. The molecule has 3 rings (SSSR count). The summed E-state index contributed by atoms with van der Waals surface area (Å²) in [7, 11) is 0. The van der Waals surface area contributed by atoms with Gasteiger partial charge in [-0.05, 0) is 13.8 Å². The first-order valence-electron chi connectivity index (χ1n) is 4.96. The van der Waals surface area contributed by atoms with E-state index in [0.29, 0.717) is 12.0 Å². The number of rotatable bonds is 1. The molecule has 2 aliphatic rings. The van der Waals surface area contributed by atoms with Gasteiger partial charge >= 0.3 is 0 Å². The van der Waals surface area contributed by atoms with E-state index in [1.54, 1.807) is 6.33 Å². The Morgan fingerprint density at radius 1 is 1.57 bits per heavy atom. The maximum absolute atomic E-state index is 5.99. The largest absolute Gasteiger partial charge is 0.349 e. The molecule has 0 aromatic carbocycles. The van der Waals surface area contributed by atoms with E-state index in [1.165, 1.54) is 0 Å². The lowest BCUT2D eigenvalue weighted by Gasteiger charge is -2.39. The maximum atomic E-state index is 5.99. The first-order valence-corrected chi connectivity index (χ1v) is 4.96. The molecule has 74 valence electrons. The van der Waals surface area contributed by atoms with Gasteiger partial charge in [0.1, 0.15) is 12.1 Å². The van der Waals surface area contributed by atoms with Crippen molar-refractivity contribution in [2.24, 2.45) is 11.7 Å². The predicted molar refractivity (Wildman–Crippen MR) is 54.0 cm³/mol. The molecular weight excluding hydrogens is 176 g/mol. The molecule has 14 heavy (non-hydrogen) atoms. The Hall–Kier alpha value is -1.16. The van der Waals surface area contributed by atoms with E-state index >= 15 is 0 Å². The van der Waals surface area contributed by atoms with Crippen molar-refractivity contribution >= 4 is 5.82 Å². The second-order valence-electron chi connectivity index (χ2n) is 4.49. The Bertz CT molecular complexity index is 385. The van der Waals surface area contributed by atoms with Crippen LogP contribution >= 0.6 is 0 Å². The Morgan fingerprint density at radius 2 is 2.36 bits per heavy atom. The summed E-state index contributed by atoms with van der Waals surface area (Å²) in [6.45, 7) is 5.25. The fourth-order valence-electron chi connectivity index (χ4n) is 2.51. The molecule has 0 bridgehead atoms. The van der Waals surface area contributed by atoms with Crippen molar-refractivity contribution in [2.45, 2.75) is 25.4 Å². The number of nitrogens with two attached hydrogens (primary N) is 1. The van der Waals surface area contributed by atoms with Gasteiger partial charge in [-0.3, -0.25) is 0 Å². The number of hydrogen-bond acceptors (Lipinski definition) is 4. The second kappa shape index (κ2) is 2.25. The monoisotopic (exact) mass is 190 g/mol. The number of aryl methyl sites for hydroxylation is 1. The average molecular weight is 190 g/mol. The van der Waals surface area contributed by atoms with Crippen molar-refractivity contribution in [3.05, 3.63) is 18.1 Å². The summed E-state index contributed by atoms with van der Waals surface area (Å²) >= 11 is 0. The van der Waals surface area contributed by atoms with E-state index < -0.39 is 0 Å². The van der Waals surface area contributed by atoms with Gasteiger partial charge in [-0.1, -0.05) is 0 Å². The summed E-state index contributed by atoms with van der Waals surface area (Å²) in [6.07, 6.45) is 1.62. The molecule has 2 N–H and O–H groups in total. The van der Waals surface area contributed by atoms with Crippen LogP contribution in [-0.4, -0.2) is 28.1 Å². The van der Waals surface area contributed by atoms with Crippen molar-refractivity contribution in [1.82, 2.24) is 9.97 Å². The Balaban J connectivity index is 1.92. The highest BCUT2D eigenvalue weighted by Crippen LogP contribution is 2.57. The molecule has 3 atom stereocenters. The number of hydrogen-bond donors (Lipinski definition) is 1. The molecule has 4 heteroatoms. The van der Waals surface area contributed by atoms with Gasteiger partial charge in [-0.2, -0.15) is 0 Å². The van der Waals surface area contributed by atoms with E-state index in [9.17, 15) is 0 Å². The minimum Gasteiger partial charge on any atom is -0.349 e. The molecule has 4 nitrogen and oxygen atoms in total. The highest BCUT2D eigenvalue weighted by atomic mass is 15.4. The van der Waals surface area contributed by atoms with Gasteiger partial charge in [0.15, 0.2) is 0 Å². The molecule has 3 unspecified atom stereocenters. The van der Waals surface area contributed by atoms with Crippen LogP contribution in [0, 0.1) is 12.8 Å². The molecule has 1 saturated heterocycles. The lowest BCUT2D eigenvalue weighted by molar-refractivity contribution is 0.457. The fraction of sp³-hybridized carbons (Fsp3) is 0.600. The molecule has 1 aliphatic heterocycles. The number of fused-ring (bicyclic) bond motifs is 1. The van der Waals surface area contributed by atoms with Crippen LogP contribution in [0.2, 0.25) is 0 Å². The van der Waals surface area contributed by atoms with Gasteiger partial charge in [0.25, 0.3) is 0 Å². The predicted octanol–water partition coefficient (Wildman–Crippen LogP) is 0.321. The Labute approximate surface area is 83.1 Å². The van der Waals surface area contributed by atoms with Crippen molar-refractivity contribution in [3.63, 3.8) is 0 Å². The van der Waals surface area contributed by atoms with Crippen molar-refractivity contribution in [1.29, 1.82) is 0 Å². The van der Waals surface area contributed by atoms with Crippen LogP contribution in [-0.2, 0) is 0 Å². The SMILES string of the molecule is Cc1cc(N2CC3C(N)C32C)ncn1. The Morgan fingerprint density at radius 3 is 2.86 bits per heavy atom. The van der Waals surface area contributed by atoms with Crippen molar-refractivity contribution in [2.75, 3.05) is 11.4 Å². The third-order valence-electron chi connectivity index (χ3n) is 3.78. The quantitative estimate of drug-likeness (QED) is 0.693. The average Bonchev–Trinajstić information content (AvgIpc) is 2.52. The number of anilines is 1. The molecule has 0 amide bonds. The summed E-state index contributed by atoms with van der Waals surface area (Å²) in [5.74, 6) is 1.70. The minimum atomic E-state index is 0.181. The van der Waals surface area contributed by atoms with Crippen LogP contribution in [0.15, 0.2) is 12.4 Å². The van der Waals surface area contributed by atoms with Gasteiger partial charge in [0, 0.05) is 30.3 Å². The van der Waals surface area contributed by atoms with Crippen molar-refractivity contribution < 1.29 is 0 Å². The van der Waals surface area contributed by atoms with Gasteiger partial charge < -0.3 is 10.6 Å². The fourth-order valence-corrected chi connectivity index (χ4v) is 2.51. The highest BCUT2D eigenvalue weighted by molar-refractivity contribution is 5.55. The van der Waals surface area contributed by atoms with E-state index in [2.05, 4.69) is 21.8 Å². The number of aromatic nitrogens is 2. The van der Waals surface area contributed by atoms with Gasteiger partial charge in [0.05, 0.1) is 5.54 Å². The van der Waals surface area contributed by atoms with Crippen LogP contribution in [0.4, 0.5) is 5.82 Å².